The summed E-state index contributed by atoms with van der Waals surface area (Å²) in [7, 11) is 0. The van der Waals surface area contributed by atoms with Crippen molar-refractivity contribution in [2.24, 2.45) is 29.1 Å². The first-order valence-electron chi connectivity index (χ1n) is 12.7. The van der Waals surface area contributed by atoms with Crippen LogP contribution in [-0.4, -0.2) is 36.9 Å². The fraction of sp³-hybridized carbons (Fsp3) is 0.808. The van der Waals surface area contributed by atoms with Gasteiger partial charge in [-0.2, -0.15) is 26.3 Å². The molecule has 6 unspecified atom stereocenters. The van der Waals surface area contributed by atoms with Crippen LogP contribution >= 0.6 is 0 Å². The van der Waals surface area contributed by atoms with Crippen LogP contribution in [0, 0.1) is 29.1 Å². The number of rotatable bonds is 6. The van der Waals surface area contributed by atoms with Crippen LogP contribution in [0.1, 0.15) is 72.6 Å². The molecule has 2 N–H and O–H groups in total. The number of hydrogen-bond acceptors (Lipinski definition) is 2. The smallest absolute Gasteiger partial charge is 0.355 e. The van der Waals surface area contributed by atoms with Crippen molar-refractivity contribution >= 4 is 5.91 Å². The largest absolute Gasteiger partial charge is 0.416 e. The lowest BCUT2D eigenvalue weighted by Crippen LogP contribution is -2.48. The summed E-state index contributed by atoms with van der Waals surface area (Å²) in [4.78, 5) is 13.3. The van der Waals surface area contributed by atoms with Crippen molar-refractivity contribution < 1.29 is 31.1 Å². The van der Waals surface area contributed by atoms with E-state index in [-0.39, 0.29) is 30.5 Å². The van der Waals surface area contributed by atoms with Crippen LogP contribution in [0.3, 0.4) is 0 Å². The van der Waals surface area contributed by atoms with E-state index in [1.807, 2.05) is 13.8 Å². The highest BCUT2D eigenvalue weighted by Gasteiger charge is 2.48. The summed E-state index contributed by atoms with van der Waals surface area (Å²) in [6.45, 7) is 8.19. The predicted octanol–water partition coefficient (Wildman–Crippen LogP) is 6.71. The summed E-state index contributed by atoms with van der Waals surface area (Å²) in [6, 6.07) is 0.572. The summed E-state index contributed by atoms with van der Waals surface area (Å²) in [5.74, 6) is -0.159. The van der Waals surface area contributed by atoms with Crippen molar-refractivity contribution in [1.82, 2.24) is 10.6 Å². The number of alkyl halides is 6. The molecule has 0 radical (unpaired) electrons. The molecule has 35 heavy (non-hydrogen) atoms. The molecule has 2 fully saturated rings. The molecule has 0 aromatic heterocycles. The van der Waals surface area contributed by atoms with Crippen LogP contribution in [0.25, 0.3) is 0 Å². The molecular weight excluding hydrogens is 470 g/mol. The molecule has 0 aromatic rings. The number of halogens is 6. The molecule has 3 nitrogen and oxygen atoms in total. The maximum absolute atomic E-state index is 13.3. The quantitative estimate of drug-likeness (QED) is 0.392. The van der Waals surface area contributed by atoms with Crippen molar-refractivity contribution in [1.29, 1.82) is 0 Å². The standard InChI is InChI=1S/C26H38F6N2O/c1-15(2)24(9-8-21(13-24)34-22-7-5-6-16(3)17(22)4)23(35)33-14-18-10-19(25(27,28)29)12-20(11-18)26(30,31)32/h10,12,15-18,21-22,34H,5-9,11,13-14H2,1-4H3,(H,33,35). The predicted molar refractivity (Wildman–Crippen MR) is 123 cm³/mol. The van der Waals surface area contributed by atoms with Crippen molar-refractivity contribution in [3.05, 3.63) is 23.3 Å². The highest BCUT2D eigenvalue weighted by atomic mass is 19.4. The van der Waals surface area contributed by atoms with E-state index in [0.717, 1.165) is 18.9 Å². The fourth-order valence-corrected chi connectivity index (χ4v) is 6.13. The SMILES string of the molecule is CC1CCCC(NC2CCC(C(=O)NCC3C=C(C(F)(F)F)C=C(C(F)(F)F)C3)(C(C)C)C2)C1C. The first-order chi connectivity index (χ1) is 16.1. The third kappa shape index (κ3) is 6.44. The minimum absolute atomic E-state index is 0.00438. The van der Waals surface area contributed by atoms with Gasteiger partial charge in [0.1, 0.15) is 0 Å². The third-order valence-electron chi connectivity index (χ3n) is 8.71. The monoisotopic (exact) mass is 508 g/mol. The molecule has 0 heterocycles. The van der Waals surface area contributed by atoms with E-state index >= 15 is 0 Å². The van der Waals surface area contributed by atoms with Gasteiger partial charge in [0.05, 0.1) is 11.0 Å². The Morgan fingerprint density at radius 1 is 1.09 bits per heavy atom. The Bertz CT molecular complexity index is 831. The zero-order valence-electron chi connectivity index (χ0n) is 21.0. The molecule has 1 amide bonds. The van der Waals surface area contributed by atoms with E-state index in [1.54, 1.807) is 0 Å². The van der Waals surface area contributed by atoms with E-state index in [1.165, 1.54) is 12.8 Å². The zero-order valence-corrected chi connectivity index (χ0v) is 21.0. The molecule has 0 aliphatic heterocycles. The Hall–Kier alpha value is -1.51. The van der Waals surface area contributed by atoms with E-state index in [0.29, 0.717) is 30.7 Å². The summed E-state index contributed by atoms with van der Waals surface area (Å²) in [5.41, 5.74) is -3.21. The average Bonchev–Trinajstić information content (AvgIpc) is 3.19. The van der Waals surface area contributed by atoms with Crippen molar-refractivity contribution in [2.75, 3.05) is 6.54 Å². The zero-order chi connectivity index (χ0) is 26.2. The van der Waals surface area contributed by atoms with Crippen molar-refractivity contribution in [3.63, 3.8) is 0 Å². The second-order valence-corrected chi connectivity index (χ2v) is 11.3. The van der Waals surface area contributed by atoms with Gasteiger partial charge in [-0.3, -0.25) is 4.79 Å². The molecule has 3 aliphatic rings. The van der Waals surface area contributed by atoms with Crippen LogP contribution in [-0.2, 0) is 4.79 Å². The number of carbonyl (C=O) groups excluding carboxylic acids is 1. The van der Waals surface area contributed by atoms with Crippen LogP contribution in [0.15, 0.2) is 23.3 Å². The first kappa shape index (κ1) is 28.1. The van der Waals surface area contributed by atoms with Crippen LogP contribution < -0.4 is 10.6 Å². The van der Waals surface area contributed by atoms with E-state index in [9.17, 15) is 31.1 Å². The number of hydrogen-bond donors (Lipinski definition) is 2. The Labute approximate surface area is 204 Å². The molecular formula is C26H38F6N2O. The number of allylic oxidation sites excluding steroid dienone is 3. The molecule has 0 aromatic carbocycles. The molecule has 0 bridgehead atoms. The van der Waals surface area contributed by atoms with Gasteiger partial charge in [-0.05, 0) is 61.9 Å². The Kier molecular flexibility index (Phi) is 8.39. The van der Waals surface area contributed by atoms with Crippen LogP contribution in [0.2, 0.25) is 0 Å². The maximum atomic E-state index is 13.3. The van der Waals surface area contributed by atoms with Gasteiger partial charge >= 0.3 is 12.4 Å². The van der Waals surface area contributed by atoms with Crippen LogP contribution in [0.4, 0.5) is 26.3 Å². The van der Waals surface area contributed by atoms with Gasteiger partial charge in [0.25, 0.3) is 0 Å². The number of amides is 1. The van der Waals surface area contributed by atoms with Gasteiger partial charge in [0.15, 0.2) is 0 Å². The van der Waals surface area contributed by atoms with Crippen LogP contribution in [0.5, 0.6) is 0 Å². The highest BCUT2D eigenvalue weighted by Crippen LogP contribution is 2.46. The Morgan fingerprint density at radius 3 is 2.37 bits per heavy atom. The Balaban J connectivity index is 1.66. The number of carbonyl (C=O) groups is 1. The molecule has 6 atom stereocenters. The topological polar surface area (TPSA) is 41.1 Å². The minimum atomic E-state index is -4.88. The Morgan fingerprint density at radius 2 is 1.77 bits per heavy atom. The molecule has 0 saturated heterocycles. The molecule has 3 aliphatic carbocycles. The lowest BCUT2D eigenvalue weighted by atomic mass is 9.74. The fourth-order valence-electron chi connectivity index (χ4n) is 6.13. The average molecular weight is 509 g/mol. The lowest BCUT2D eigenvalue weighted by molar-refractivity contribution is -0.133. The van der Waals surface area contributed by atoms with Gasteiger partial charge < -0.3 is 10.6 Å². The lowest BCUT2D eigenvalue weighted by Gasteiger charge is -2.37. The second kappa shape index (κ2) is 10.5. The van der Waals surface area contributed by atoms with Gasteiger partial charge in [-0.1, -0.05) is 46.6 Å². The molecule has 3 rings (SSSR count). The highest BCUT2D eigenvalue weighted by molar-refractivity contribution is 5.83. The molecule has 2 saturated carbocycles. The van der Waals surface area contributed by atoms with Crippen molar-refractivity contribution in [3.8, 4) is 0 Å². The summed E-state index contributed by atoms with van der Waals surface area (Å²) < 4.78 is 79.3. The van der Waals surface area contributed by atoms with Gasteiger partial charge in [0.2, 0.25) is 5.91 Å². The second-order valence-electron chi connectivity index (χ2n) is 11.3. The van der Waals surface area contributed by atoms with E-state index in [2.05, 4.69) is 24.5 Å². The van der Waals surface area contributed by atoms with Gasteiger partial charge in [-0.25, -0.2) is 0 Å². The van der Waals surface area contributed by atoms with Gasteiger partial charge in [-0.15, -0.1) is 0 Å². The third-order valence-corrected chi connectivity index (χ3v) is 8.71. The van der Waals surface area contributed by atoms with Crippen molar-refractivity contribution in [2.45, 2.75) is 97.1 Å². The summed E-state index contributed by atoms with van der Waals surface area (Å²) >= 11 is 0. The van der Waals surface area contributed by atoms with E-state index in [4.69, 9.17) is 0 Å². The normalized spacial score (nSPS) is 34.5. The summed E-state index contributed by atoms with van der Waals surface area (Å²) in [6.07, 6.45) is -3.73. The van der Waals surface area contributed by atoms with Gasteiger partial charge in [0, 0.05) is 24.2 Å². The first-order valence-corrected chi connectivity index (χ1v) is 12.7. The minimum Gasteiger partial charge on any atom is -0.355 e. The maximum Gasteiger partial charge on any atom is 0.416 e. The molecule has 9 heteroatoms. The number of nitrogens with one attached hydrogen (secondary N) is 2. The summed E-state index contributed by atoms with van der Waals surface area (Å²) in [5, 5.41) is 6.49. The molecule has 200 valence electrons. The van der Waals surface area contributed by atoms with E-state index < -0.39 is 41.3 Å². The molecule has 0 spiro atoms.